The lowest BCUT2D eigenvalue weighted by Crippen LogP contribution is -2.00. The lowest BCUT2D eigenvalue weighted by molar-refractivity contribution is 0.0685. The summed E-state index contributed by atoms with van der Waals surface area (Å²) in [5.74, 6) is -0.471. The van der Waals surface area contributed by atoms with Gasteiger partial charge in [0.05, 0.1) is 7.11 Å². The Balaban J connectivity index is 2.40. The van der Waals surface area contributed by atoms with Gasteiger partial charge in [0.2, 0.25) is 5.89 Å². The predicted molar refractivity (Wildman–Crippen MR) is 61.4 cm³/mol. The van der Waals surface area contributed by atoms with Crippen molar-refractivity contribution in [3.05, 3.63) is 35.7 Å². The number of carboxylic acids is 1. The van der Waals surface area contributed by atoms with Crippen LogP contribution in [0.4, 0.5) is 0 Å². The molecule has 0 radical (unpaired) electrons. The number of carbonyl (C=O) groups is 1. The van der Waals surface area contributed by atoms with Crippen LogP contribution in [0.2, 0.25) is 0 Å². The predicted octanol–water partition coefficient (Wildman–Crippen LogP) is 1.54. The van der Waals surface area contributed by atoms with Gasteiger partial charge in [0.1, 0.15) is 12.4 Å². The van der Waals surface area contributed by atoms with E-state index in [1.54, 1.807) is 31.4 Å². The first-order valence-corrected chi connectivity index (χ1v) is 5.14. The number of ether oxygens (including phenoxy) is 1. The fourth-order valence-electron chi connectivity index (χ4n) is 1.48. The van der Waals surface area contributed by atoms with Crippen molar-refractivity contribution in [1.29, 1.82) is 0 Å². The van der Waals surface area contributed by atoms with E-state index in [9.17, 15) is 4.79 Å². The monoisotopic (exact) mass is 249 g/mol. The van der Waals surface area contributed by atoms with Crippen LogP contribution in [-0.2, 0) is 6.61 Å². The molecule has 2 N–H and O–H groups in total. The van der Waals surface area contributed by atoms with Crippen LogP contribution in [0.25, 0.3) is 11.5 Å². The molecule has 18 heavy (non-hydrogen) atoms. The number of aliphatic hydroxyl groups is 1. The van der Waals surface area contributed by atoms with Gasteiger partial charge in [-0.05, 0) is 24.3 Å². The third-order valence-electron chi connectivity index (χ3n) is 2.38. The number of rotatable bonds is 4. The second-order valence-corrected chi connectivity index (χ2v) is 3.48. The van der Waals surface area contributed by atoms with Crippen LogP contribution in [0, 0.1) is 0 Å². The lowest BCUT2D eigenvalue weighted by atomic mass is 10.2. The van der Waals surface area contributed by atoms with Crippen molar-refractivity contribution >= 4 is 5.97 Å². The average molecular weight is 249 g/mol. The van der Waals surface area contributed by atoms with E-state index in [2.05, 4.69) is 4.98 Å². The van der Waals surface area contributed by atoms with E-state index in [4.69, 9.17) is 19.4 Å². The highest BCUT2D eigenvalue weighted by Gasteiger charge is 2.19. The molecular formula is C12H11NO5. The summed E-state index contributed by atoms with van der Waals surface area (Å²) in [4.78, 5) is 14.7. The lowest BCUT2D eigenvalue weighted by Gasteiger charge is -1.99. The summed E-state index contributed by atoms with van der Waals surface area (Å²) < 4.78 is 10.2. The number of benzene rings is 1. The number of methoxy groups -OCH3 is 1. The molecule has 2 aromatic rings. The van der Waals surface area contributed by atoms with E-state index in [1.807, 2.05) is 0 Å². The van der Waals surface area contributed by atoms with Crippen molar-refractivity contribution < 1.29 is 24.2 Å². The Bertz CT molecular complexity index is 558. The van der Waals surface area contributed by atoms with Gasteiger partial charge in [-0.1, -0.05) is 0 Å². The van der Waals surface area contributed by atoms with Crippen LogP contribution in [-0.4, -0.2) is 28.3 Å². The molecule has 0 aliphatic rings. The van der Waals surface area contributed by atoms with Gasteiger partial charge in [-0.15, -0.1) is 0 Å². The standard InChI is InChI=1S/C12H11NO5/c1-17-8-4-2-7(3-5-8)11-13-10(12(15)16)9(6-14)18-11/h2-5,14H,6H2,1H3,(H,15,16). The third-order valence-corrected chi connectivity index (χ3v) is 2.38. The number of oxazole rings is 1. The summed E-state index contributed by atoms with van der Waals surface area (Å²) in [6.45, 7) is -0.509. The largest absolute Gasteiger partial charge is 0.497 e. The molecule has 1 aromatic carbocycles. The number of aromatic nitrogens is 1. The fourth-order valence-corrected chi connectivity index (χ4v) is 1.48. The van der Waals surface area contributed by atoms with Crippen LogP contribution < -0.4 is 4.74 Å². The molecule has 0 fully saturated rings. The highest BCUT2D eigenvalue weighted by atomic mass is 16.5. The summed E-state index contributed by atoms with van der Waals surface area (Å²) in [5.41, 5.74) is 0.335. The van der Waals surface area contributed by atoms with Crippen molar-refractivity contribution in [1.82, 2.24) is 4.98 Å². The molecule has 0 saturated carbocycles. The van der Waals surface area contributed by atoms with Gasteiger partial charge >= 0.3 is 5.97 Å². The number of aliphatic hydroxyl groups excluding tert-OH is 1. The van der Waals surface area contributed by atoms with E-state index in [1.165, 1.54) is 0 Å². The molecule has 0 saturated heterocycles. The quantitative estimate of drug-likeness (QED) is 0.853. The maximum atomic E-state index is 10.9. The van der Waals surface area contributed by atoms with E-state index >= 15 is 0 Å². The molecule has 1 heterocycles. The Morgan fingerprint density at radius 1 is 1.39 bits per heavy atom. The summed E-state index contributed by atoms with van der Waals surface area (Å²) >= 11 is 0. The first-order chi connectivity index (χ1) is 8.65. The highest BCUT2D eigenvalue weighted by Crippen LogP contribution is 2.24. The fraction of sp³-hybridized carbons (Fsp3) is 0.167. The van der Waals surface area contributed by atoms with Crippen LogP contribution in [0.5, 0.6) is 5.75 Å². The van der Waals surface area contributed by atoms with Crippen molar-refractivity contribution in [2.24, 2.45) is 0 Å². The number of aromatic carboxylic acids is 1. The molecule has 2 rings (SSSR count). The summed E-state index contributed by atoms with van der Waals surface area (Å²) in [7, 11) is 1.55. The second-order valence-electron chi connectivity index (χ2n) is 3.48. The Morgan fingerprint density at radius 2 is 2.06 bits per heavy atom. The Labute approximate surface area is 102 Å². The second kappa shape index (κ2) is 4.89. The Kier molecular flexibility index (Phi) is 3.29. The minimum absolute atomic E-state index is 0.0617. The Hall–Kier alpha value is -2.34. The zero-order chi connectivity index (χ0) is 13.1. The molecule has 6 heteroatoms. The normalized spacial score (nSPS) is 10.3. The number of carboxylic acid groups (broad SMARTS) is 1. The minimum atomic E-state index is -1.23. The topological polar surface area (TPSA) is 92.8 Å². The first-order valence-electron chi connectivity index (χ1n) is 5.14. The van der Waals surface area contributed by atoms with Crippen molar-refractivity contribution in [3.8, 4) is 17.2 Å². The number of hydrogen-bond donors (Lipinski definition) is 2. The average Bonchev–Trinajstić information content (AvgIpc) is 2.83. The third kappa shape index (κ3) is 2.18. The summed E-state index contributed by atoms with van der Waals surface area (Å²) in [5, 5.41) is 17.9. The van der Waals surface area contributed by atoms with Crippen molar-refractivity contribution in [3.63, 3.8) is 0 Å². The number of nitrogens with zero attached hydrogens (tertiary/aromatic N) is 1. The molecule has 94 valence electrons. The zero-order valence-corrected chi connectivity index (χ0v) is 9.58. The van der Waals surface area contributed by atoms with Crippen LogP contribution in [0.15, 0.2) is 28.7 Å². The Morgan fingerprint density at radius 3 is 2.50 bits per heavy atom. The van der Waals surface area contributed by atoms with E-state index in [-0.39, 0.29) is 17.3 Å². The van der Waals surface area contributed by atoms with E-state index in [0.29, 0.717) is 11.3 Å². The highest BCUT2D eigenvalue weighted by molar-refractivity contribution is 5.87. The maximum Gasteiger partial charge on any atom is 0.358 e. The molecule has 0 spiro atoms. The molecule has 6 nitrogen and oxygen atoms in total. The zero-order valence-electron chi connectivity index (χ0n) is 9.58. The van der Waals surface area contributed by atoms with Gasteiger partial charge in [-0.2, -0.15) is 0 Å². The first kappa shape index (κ1) is 12.1. The molecular weight excluding hydrogens is 238 g/mol. The van der Waals surface area contributed by atoms with Crippen LogP contribution in [0.3, 0.4) is 0 Å². The van der Waals surface area contributed by atoms with Gasteiger partial charge < -0.3 is 19.4 Å². The van der Waals surface area contributed by atoms with Crippen LogP contribution >= 0.6 is 0 Å². The SMILES string of the molecule is COc1ccc(-c2nc(C(=O)O)c(CO)o2)cc1. The van der Waals surface area contributed by atoms with Gasteiger partial charge in [-0.25, -0.2) is 9.78 Å². The van der Waals surface area contributed by atoms with Gasteiger partial charge in [0.15, 0.2) is 11.5 Å². The molecule has 1 aromatic heterocycles. The summed E-state index contributed by atoms with van der Waals surface area (Å²) in [6.07, 6.45) is 0. The molecule has 0 atom stereocenters. The van der Waals surface area contributed by atoms with Crippen molar-refractivity contribution in [2.45, 2.75) is 6.61 Å². The number of hydrogen-bond acceptors (Lipinski definition) is 5. The molecule has 0 aliphatic carbocycles. The summed E-state index contributed by atoms with van der Waals surface area (Å²) in [6, 6.07) is 6.80. The molecule has 0 amide bonds. The van der Waals surface area contributed by atoms with Gasteiger partial charge in [0, 0.05) is 5.56 Å². The van der Waals surface area contributed by atoms with E-state index in [0.717, 1.165) is 0 Å². The minimum Gasteiger partial charge on any atom is -0.497 e. The smallest absolute Gasteiger partial charge is 0.358 e. The van der Waals surface area contributed by atoms with Crippen molar-refractivity contribution in [2.75, 3.05) is 7.11 Å². The van der Waals surface area contributed by atoms with Gasteiger partial charge in [0.25, 0.3) is 0 Å². The van der Waals surface area contributed by atoms with Gasteiger partial charge in [-0.3, -0.25) is 0 Å². The maximum absolute atomic E-state index is 10.9. The molecule has 0 bridgehead atoms. The molecule has 0 unspecified atom stereocenters. The van der Waals surface area contributed by atoms with E-state index < -0.39 is 12.6 Å². The molecule has 0 aliphatic heterocycles. The van der Waals surface area contributed by atoms with Crippen LogP contribution in [0.1, 0.15) is 16.2 Å².